The second-order valence-corrected chi connectivity index (χ2v) is 6.34. The van der Waals surface area contributed by atoms with Crippen molar-refractivity contribution < 1.29 is 14.5 Å². The number of carbonyl (C=O) groups excluding carboxylic acids is 1. The lowest BCUT2D eigenvalue weighted by Crippen LogP contribution is -2.12. The number of nitrogens with one attached hydrogen (secondary N) is 1. The molecule has 7 nitrogen and oxygen atoms in total. The standard InChI is InChI=1S/C18H15N3O4S/c1-11-6-7-13(9-16(11)21(23)24)17(22)20-18-19-15(10-26-18)12-4-3-5-14(8-12)25-2/h3-10H,1-2H3,(H,19,20,22). The van der Waals surface area contributed by atoms with Gasteiger partial charge >= 0.3 is 0 Å². The summed E-state index contributed by atoms with van der Waals surface area (Å²) in [7, 11) is 1.59. The lowest BCUT2D eigenvalue weighted by molar-refractivity contribution is -0.385. The maximum Gasteiger partial charge on any atom is 0.273 e. The molecule has 0 saturated heterocycles. The van der Waals surface area contributed by atoms with E-state index in [-0.39, 0.29) is 11.3 Å². The summed E-state index contributed by atoms with van der Waals surface area (Å²) in [6.45, 7) is 1.63. The lowest BCUT2D eigenvalue weighted by Gasteiger charge is -2.04. The summed E-state index contributed by atoms with van der Waals surface area (Å²) in [5.74, 6) is 0.271. The molecule has 1 aromatic heterocycles. The number of anilines is 1. The third-order valence-electron chi connectivity index (χ3n) is 3.76. The lowest BCUT2D eigenvalue weighted by atomic mass is 10.1. The molecule has 1 heterocycles. The Hall–Kier alpha value is -3.26. The van der Waals surface area contributed by atoms with Gasteiger partial charge in [-0.05, 0) is 25.1 Å². The van der Waals surface area contributed by atoms with Crippen molar-refractivity contribution in [3.05, 3.63) is 69.1 Å². The summed E-state index contributed by atoms with van der Waals surface area (Å²) < 4.78 is 5.20. The van der Waals surface area contributed by atoms with Crippen LogP contribution < -0.4 is 10.1 Å². The maximum absolute atomic E-state index is 12.4. The zero-order valence-corrected chi connectivity index (χ0v) is 14.9. The van der Waals surface area contributed by atoms with Gasteiger partial charge in [0.15, 0.2) is 5.13 Å². The Bertz CT molecular complexity index is 984. The average molecular weight is 369 g/mol. The normalized spacial score (nSPS) is 10.4. The predicted octanol–water partition coefficient (Wildman–Crippen LogP) is 4.29. The largest absolute Gasteiger partial charge is 0.497 e. The second-order valence-electron chi connectivity index (χ2n) is 5.48. The number of nitro benzene ring substituents is 1. The minimum Gasteiger partial charge on any atom is -0.497 e. The van der Waals surface area contributed by atoms with Gasteiger partial charge in [0.2, 0.25) is 0 Å². The van der Waals surface area contributed by atoms with Crippen molar-refractivity contribution in [2.45, 2.75) is 6.92 Å². The minimum atomic E-state index is -0.504. The minimum absolute atomic E-state index is 0.0890. The zero-order valence-electron chi connectivity index (χ0n) is 14.1. The number of carbonyl (C=O) groups is 1. The van der Waals surface area contributed by atoms with Gasteiger partial charge < -0.3 is 4.74 Å². The van der Waals surface area contributed by atoms with Gasteiger partial charge in [0.25, 0.3) is 11.6 Å². The van der Waals surface area contributed by atoms with Crippen LogP contribution in [0.3, 0.4) is 0 Å². The Labute approximate surface area is 153 Å². The van der Waals surface area contributed by atoms with Crippen LogP contribution in [-0.4, -0.2) is 22.9 Å². The monoisotopic (exact) mass is 369 g/mol. The van der Waals surface area contributed by atoms with Crippen LogP contribution in [0.1, 0.15) is 15.9 Å². The Morgan fingerprint density at radius 2 is 2.08 bits per heavy atom. The first kappa shape index (κ1) is 17.6. The van der Waals surface area contributed by atoms with E-state index in [1.807, 2.05) is 29.6 Å². The zero-order chi connectivity index (χ0) is 18.7. The van der Waals surface area contributed by atoms with E-state index in [9.17, 15) is 14.9 Å². The quantitative estimate of drug-likeness (QED) is 0.535. The first-order chi connectivity index (χ1) is 12.5. The number of nitro groups is 1. The SMILES string of the molecule is COc1cccc(-c2csc(NC(=O)c3ccc(C)c([N+](=O)[O-])c3)n2)c1. The third-order valence-corrected chi connectivity index (χ3v) is 4.52. The van der Waals surface area contributed by atoms with E-state index in [0.717, 1.165) is 5.56 Å². The van der Waals surface area contributed by atoms with E-state index >= 15 is 0 Å². The summed E-state index contributed by atoms with van der Waals surface area (Å²) in [5, 5.41) is 15.9. The van der Waals surface area contributed by atoms with Crippen molar-refractivity contribution >= 4 is 28.1 Å². The van der Waals surface area contributed by atoms with Crippen molar-refractivity contribution in [1.82, 2.24) is 4.98 Å². The molecule has 0 saturated carbocycles. The molecule has 0 aliphatic carbocycles. The molecule has 0 aliphatic heterocycles. The number of hydrogen-bond donors (Lipinski definition) is 1. The summed E-state index contributed by atoms with van der Waals surface area (Å²) in [6.07, 6.45) is 0. The molecule has 0 aliphatic rings. The molecular weight excluding hydrogens is 354 g/mol. The molecule has 1 N–H and O–H groups in total. The summed E-state index contributed by atoms with van der Waals surface area (Å²) >= 11 is 1.28. The van der Waals surface area contributed by atoms with Gasteiger partial charge in [0, 0.05) is 28.1 Å². The molecule has 0 unspecified atom stereocenters. The molecule has 8 heteroatoms. The number of thiazole rings is 1. The number of amides is 1. The fraction of sp³-hybridized carbons (Fsp3) is 0.111. The van der Waals surface area contributed by atoms with Gasteiger partial charge in [0.1, 0.15) is 5.75 Å². The third kappa shape index (κ3) is 3.70. The van der Waals surface area contributed by atoms with Crippen LogP contribution in [0, 0.1) is 17.0 Å². The van der Waals surface area contributed by atoms with Crippen molar-refractivity contribution in [2.75, 3.05) is 12.4 Å². The molecule has 1 amide bonds. The average Bonchev–Trinajstić information content (AvgIpc) is 3.10. The van der Waals surface area contributed by atoms with Crippen LogP contribution in [0.2, 0.25) is 0 Å². The number of aromatic nitrogens is 1. The van der Waals surface area contributed by atoms with E-state index in [1.54, 1.807) is 26.2 Å². The van der Waals surface area contributed by atoms with E-state index in [4.69, 9.17) is 4.74 Å². The summed E-state index contributed by atoms with van der Waals surface area (Å²) in [5.41, 5.74) is 2.20. The molecule has 0 bridgehead atoms. The molecule has 0 spiro atoms. The van der Waals surface area contributed by atoms with E-state index in [0.29, 0.717) is 22.1 Å². The topological polar surface area (TPSA) is 94.4 Å². The van der Waals surface area contributed by atoms with Crippen LogP contribution in [-0.2, 0) is 0 Å². The fourth-order valence-electron chi connectivity index (χ4n) is 2.36. The number of benzene rings is 2. The molecule has 3 aromatic rings. The summed E-state index contributed by atoms with van der Waals surface area (Å²) in [6, 6.07) is 11.8. The Kier molecular flexibility index (Phi) is 4.94. The van der Waals surface area contributed by atoms with E-state index in [1.165, 1.54) is 17.4 Å². The first-order valence-electron chi connectivity index (χ1n) is 7.64. The number of nitrogens with zero attached hydrogens (tertiary/aromatic N) is 2. The van der Waals surface area contributed by atoms with Crippen LogP contribution >= 0.6 is 11.3 Å². The Morgan fingerprint density at radius 3 is 2.81 bits per heavy atom. The molecule has 2 aromatic carbocycles. The molecule has 3 rings (SSSR count). The van der Waals surface area contributed by atoms with Gasteiger partial charge in [-0.3, -0.25) is 20.2 Å². The molecule has 0 radical (unpaired) electrons. The molecular formula is C18H15N3O4S. The van der Waals surface area contributed by atoms with Crippen LogP contribution in [0.25, 0.3) is 11.3 Å². The van der Waals surface area contributed by atoms with Gasteiger partial charge in [0.05, 0.1) is 17.7 Å². The highest BCUT2D eigenvalue weighted by Gasteiger charge is 2.16. The second kappa shape index (κ2) is 7.32. The van der Waals surface area contributed by atoms with Crippen molar-refractivity contribution in [3.8, 4) is 17.0 Å². The smallest absolute Gasteiger partial charge is 0.273 e. The summed E-state index contributed by atoms with van der Waals surface area (Å²) in [4.78, 5) is 27.3. The van der Waals surface area contributed by atoms with E-state index in [2.05, 4.69) is 10.3 Å². The van der Waals surface area contributed by atoms with Crippen molar-refractivity contribution in [3.63, 3.8) is 0 Å². The molecule has 26 heavy (non-hydrogen) atoms. The Balaban J connectivity index is 1.80. The van der Waals surface area contributed by atoms with Gasteiger partial charge in [-0.1, -0.05) is 18.2 Å². The number of hydrogen-bond acceptors (Lipinski definition) is 6. The number of methoxy groups -OCH3 is 1. The highest BCUT2D eigenvalue weighted by molar-refractivity contribution is 7.14. The van der Waals surface area contributed by atoms with E-state index < -0.39 is 10.8 Å². The number of rotatable bonds is 5. The van der Waals surface area contributed by atoms with Crippen molar-refractivity contribution in [2.24, 2.45) is 0 Å². The molecule has 0 fully saturated rings. The van der Waals surface area contributed by atoms with Crippen LogP contribution in [0.4, 0.5) is 10.8 Å². The number of ether oxygens (including phenoxy) is 1. The maximum atomic E-state index is 12.4. The number of aryl methyl sites for hydroxylation is 1. The molecule has 132 valence electrons. The van der Waals surface area contributed by atoms with Crippen LogP contribution in [0.15, 0.2) is 47.8 Å². The van der Waals surface area contributed by atoms with Gasteiger partial charge in [-0.2, -0.15) is 0 Å². The fourth-order valence-corrected chi connectivity index (χ4v) is 3.08. The predicted molar refractivity (Wildman–Crippen MR) is 99.9 cm³/mol. The van der Waals surface area contributed by atoms with Crippen molar-refractivity contribution in [1.29, 1.82) is 0 Å². The highest BCUT2D eigenvalue weighted by atomic mass is 32.1. The van der Waals surface area contributed by atoms with Gasteiger partial charge in [-0.15, -0.1) is 11.3 Å². The molecule has 0 atom stereocenters. The first-order valence-corrected chi connectivity index (χ1v) is 8.52. The van der Waals surface area contributed by atoms with Crippen LogP contribution in [0.5, 0.6) is 5.75 Å². The Morgan fingerprint density at radius 1 is 1.27 bits per heavy atom. The highest BCUT2D eigenvalue weighted by Crippen LogP contribution is 2.28. The van der Waals surface area contributed by atoms with Gasteiger partial charge in [-0.25, -0.2) is 4.98 Å².